The number of likely N-dealkylation sites (tertiary alicyclic amines) is 1. The van der Waals surface area contributed by atoms with Gasteiger partial charge in [0, 0.05) is 31.5 Å². The molecule has 44 heavy (non-hydrogen) atoms. The molecular weight excluding hydrogens is 563 g/mol. The number of halogens is 1. The molecule has 1 saturated heterocycles. The number of carbonyl (C=O) groups excluding carboxylic acids is 1. The van der Waals surface area contributed by atoms with Crippen LogP contribution in [0.5, 0.6) is 11.5 Å². The van der Waals surface area contributed by atoms with Crippen molar-refractivity contribution in [1.29, 1.82) is 0 Å². The highest BCUT2D eigenvalue weighted by atomic mass is 19.1. The number of rotatable bonds is 7. The van der Waals surface area contributed by atoms with Crippen LogP contribution in [0, 0.1) is 5.82 Å². The van der Waals surface area contributed by atoms with Gasteiger partial charge in [0.1, 0.15) is 29.1 Å². The zero-order valence-corrected chi connectivity index (χ0v) is 24.4. The van der Waals surface area contributed by atoms with E-state index in [0.29, 0.717) is 49.6 Å². The summed E-state index contributed by atoms with van der Waals surface area (Å²) < 4.78 is 28.5. The molecule has 1 saturated carbocycles. The number of methoxy groups -OCH3 is 1. The van der Waals surface area contributed by atoms with E-state index in [4.69, 9.17) is 9.47 Å². The Balaban J connectivity index is 1.34. The Hall–Kier alpha value is -4.86. The summed E-state index contributed by atoms with van der Waals surface area (Å²) >= 11 is 0. The van der Waals surface area contributed by atoms with Crippen molar-refractivity contribution in [1.82, 2.24) is 14.7 Å². The third kappa shape index (κ3) is 4.65. The fourth-order valence-electron chi connectivity index (χ4n) is 6.72. The number of anilines is 1. The van der Waals surface area contributed by atoms with Crippen LogP contribution in [0.2, 0.25) is 0 Å². The summed E-state index contributed by atoms with van der Waals surface area (Å²) in [4.78, 5) is 29.1. The van der Waals surface area contributed by atoms with Crippen LogP contribution >= 0.6 is 0 Å². The molecule has 226 valence electrons. The van der Waals surface area contributed by atoms with E-state index >= 15 is 0 Å². The molecule has 7 rings (SSSR count). The molecule has 1 spiro atoms. The van der Waals surface area contributed by atoms with Crippen LogP contribution in [0.4, 0.5) is 14.9 Å². The quantitative estimate of drug-likeness (QED) is 0.274. The number of fused-ring (bicyclic) bond motifs is 2. The molecule has 3 aliphatic rings. The lowest BCUT2D eigenvalue weighted by Crippen LogP contribution is -2.44. The summed E-state index contributed by atoms with van der Waals surface area (Å²) in [7, 11) is 1.62. The standard InChI is InChI=1S/C34H33FN4O5/c1-43-24-9-7-22(8-10-24)21-38-31-26(34(32(38)40)14-4-15-34)19-23(20-30(31)44-25-12-17-37(18-13-25)33(41)42)28-11-16-36-39(28)29-6-3-2-5-27(29)35/h2-3,5-11,16,19-20,25H,4,12-15,17-18,21H2,1H3,(H,41,42). The third-order valence-electron chi connectivity index (χ3n) is 9.25. The molecule has 4 aromatic rings. The number of piperidine rings is 1. The van der Waals surface area contributed by atoms with Gasteiger partial charge in [-0.05, 0) is 66.4 Å². The SMILES string of the molecule is COc1ccc(CN2C(=O)C3(CCC3)c3cc(-c4ccnn4-c4ccccc4F)cc(OC4CCN(C(=O)O)CC4)c32)cc1. The molecule has 3 aromatic carbocycles. The number of carboxylic acid groups (broad SMARTS) is 1. The van der Waals surface area contributed by atoms with E-state index in [1.54, 1.807) is 36.2 Å². The van der Waals surface area contributed by atoms with Gasteiger partial charge in [0.05, 0.1) is 36.6 Å². The molecule has 0 bridgehead atoms. The first kappa shape index (κ1) is 27.9. The van der Waals surface area contributed by atoms with Gasteiger partial charge in [-0.1, -0.05) is 30.7 Å². The Bertz CT molecular complexity index is 1720. The summed E-state index contributed by atoms with van der Waals surface area (Å²) in [5, 5.41) is 13.9. The van der Waals surface area contributed by atoms with E-state index in [1.807, 2.05) is 41.3 Å². The van der Waals surface area contributed by atoms with Crippen LogP contribution in [0.15, 0.2) is 72.9 Å². The number of carbonyl (C=O) groups is 2. The van der Waals surface area contributed by atoms with E-state index in [1.165, 1.54) is 11.0 Å². The van der Waals surface area contributed by atoms with Gasteiger partial charge in [-0.15, -0.1) is 0 Å². The average molecular weight is 597 g/mol. The highest BCUT2D eigenvalue weighted by Gasteiger charge is 2.55. The normalized spacial score (nSPS) is 17.5. The van der Waals surface area contributed by atoms with E-state index in [0.717, 1.165) is 47.4 Å². The molecule has 3 heterocycles. The number of nitrogens with zero attached hydrogens (tertiary/aromatic N) is 4. The molecule has 1 N–H and O–H groups in total. The molecular formula is C34H33FN4O5. The summed E-state index contributed by atoms with van der Waals surface area (Å²) in [5.74, 6) is 0.972. The summed E-state index contributed by atoms with van der Waals surface area (Å²) in [6.45, 7) is 1.12. The Morgan fingerprint density at radius 1 is 1.07 bits per heavy atom. The second-order valence-corrected chi connectivity index (χ2v) is 11.7. The van der Waals surface area contributed by atoms with Gasteiger partial charge < -0.3 is 24.4 Å². The van der Waals surface area contributed by atoms with E-state index in [9.17, 15) is 19.1 Å². The highest BCUT2D eigenvalue weighted by molar-refractivity contribution is 6.10. The van der Waals surface area contributed by atoms with Crippen molar-refractivity contribution in [3.8, 4) is 28.4 Å². The minimum Gasteiger partial charge on any atom is -0.497 e. The molecule has 0 unspecified atom stereocenters. The van der Waals surface area contributed by atoms with Crippen LogP contribution in [0.1, 0.15) is 43.2 Å². The second-order valence-electron chi connectivity index (χ2n) is 11.7. The maximum Gasteiger partial charge on any atom is 0.407 e. The molecule has 10 heteroatoms. The lowest BCUT2D eigenvalue weighted by molar-refractivity contribution is -0.126. The van der Waals surface area contributed by atoms with Crippen molar-refractivity contribution in [3.63, 3.8) is 0 Å². The van der Waals surface area contributed by atoms with Crippen molar-refractivity contribution in [2.24, 2.45) is 0 Å². The predicted octanol–water partition coefficient (Wildman–Crippen LogP) is 6.18. The molecule has 2 aliphatic heterocycles. The Labute approximate surface area is 254 Å². The van der Waals surface area contributed by atoms with E-state index < -0.39 is 17.3 Å². The molecule has 2 fully saturated rings. The van der Waals surface area contributed by atoms with Gasteiger partial charge in [0.2, 0.25) is 5.91 Å². The first-order valence-electron chi connectivity index (χ1n) is 15.0. The van der Waals surface area contributed by atoms with Gasteiger partial charge in [-0.25, -0.2) is 13.9 Å². The number of hydrogen-bond donors (Lipinski definition) is 1. The van der Waals surface area contributed by atoms with Crippen molar-refractivity contribution in [2.75, 3.05) is 25.1 Å². The number of ether oxygens (including phenoxy) is 2. The maximum atomic E-state index is 14.9. The largest absolute Gasteiger partial charge is 0.497 e. The number of para-hydroxylation sites is 1. The molecule has 9 nitrogen and oxygen atoms in total. The molecule has 1 aromatic heterocycles. The number of amides is 2. The maximum absolute atomic E-state index is 14.9. The van der Waals surface area contributed by atoms with Crippen molar-refractivity contribution in [3.05, 3.63) is 89.9 Å². The predicted molar refractivity (Wildman–Crippen MR) is 162 cm³/mol. The van der Waals surface area contributed by atoms with Crippen LogP contribution < -0.4 is 14.4 Å². The first-order valence-corrected chi connectivity index (χ1v) is 15.0. The Morgan fingerprint density at radius 3 is 2.48 bits per heavy atom. The lowest BCUT2D eigenvalue weighted by Gasteiger charge is -2.37. The molecule has 0 radical (unpaired) electrons. The smallest absolute Gasteiger partial charge is 0.407 e. The van der Waals surface area contributed by atoms with Crippen molar-refractivity contribution >= 4 is 17.7 Å². The number of hydrogen-bond acceptors (Lipinski definition) is 5. The monoisotopic (exact) mass is 596 g/mol. The summed E-state index contributed by atoms with van der Waals surface area (Å²) in [5.41, 5.74) is 3.76. The van der Waals surface area contributed by atoms with Gasteiger partial charge in [-0.2, -0.15) is 5.10 Å². The Morgan fingerprint density at radius 2 is 1.82 bits per heavy atom. The molecule has 1 aliphatic carbocycles. The van der Waals surface area contributed by atoms with E-state index in [2.05, 4.69) is 11.2 Å². The van der Waals surface area contributed by atoms with Gasteiger partial charge >= 0.3 is 6.09 Å². The minimum atomic E-state index is -0.934. The fourth-order valence-corrected chi connectivity index (χ4v) is 6.72. The zero-order chi connectivity index (χ0) is 30.4. The van der Waals surface area contributed by atoms with Crippen LogP contribution in [-0.4, -0.2) is 58.1 Å². The number of benzene rings is 3. The van der Waals surface area contributed by atoms with Crippen molar-refractivity contribution < 1.29 is 28.6 Å². The third-order valence-corrected chi connectivity index (χ3v) is 9.25. The van der Waals surface area contributed by atoms with Crippen LogP contribution in [0.3, 0.4) is 0 Å². The topological polar surface area (TPSA) is 97.1 Å². The molecule has 2 amide bonds. The lowest BCUT2D eigenvalue weighted by atomic mass is 9.65. The van der Waals surface area contributed by atoms with Crippen LogP contribution in [-0.2, 0) is 16.8 Å². The minimum absolute atomic E-state index is 0.0554. The number of aromatic nitrogens is 2. The van der Waals surface area contributed by atoms with Gasteiger partial charge in [0.25, 0.3) is 0 Å². The average Bonchev–Trinajstić information content (AvgIpc) is 3.59. The van der Waals surface area contributed by atoms with E-state index in [-0.39, 0.29) is 12.0 Å². The highest BCUT2D eigenvalue weighted by Crippen LogP contribution is 2.57. The van der Waals surface area contributed by atoms with Gasteiger partial charge in [-0.3, -0.25) is 4.79 Å². The van der Waals surface area contributed by atoms with Crippen molar-refractivity contribution in [2.45, 2.75) is 50.2 Å². The van der Waals surface area contributed by atoms with Gasteiger partial charge in [0.15, 0.2) is 0 Å². The summed E-state index contributed by atoms with van der Waals surface area (Å²) in [6.07, 6.45) is 3.98. The molecule has 0 atom stereocenters. The fraction of sp³-hybridized carbons (Fsp3) is 0.324. The summed E-state index contributed by atoms with van der Waals surface area (Å²) in [6, 6.07) is 20.0. The second kappa shape index (κ2) is 11.0. The zero-order valence-electron chi connectivity index (χ0n) is 24.4. The first-order chi connectivity index (χ1) is 21.4. The van der Waals surface area contributed by atoms with Crippen LogP contribution in [0.25, 0.3) is 16.9 Å². The Kier molecular flexibility index (Phi) is 6.99.